The van der Waals surface area contributed by atoms with Gasteiger partial charge in [-0.15, -0.1) is 5.10 Å². The average molecular weight is 290 g/mol. The quantitative estimate of drug-likeness (QED) is 0.633. The largest absolute Gasteiger partial charge is 0.398 e. The van der Waals surface area contributed by atoms with E-state index in [2.05, 4.69) is 20.4 Å². The van der Waals surface area contributed by atoms with Crippen molar-refractivity contribution in [1.82, 2.24) is 25.0 Å². The molecule has 20 heavy (non-hydrogen) atoms. The summed E-state index contributed by atoms with van der Waals surface area (Å²) in [5.41, 5.74) is 7.38. The number of benzene rings is 1. The summed E-state index contributed by atoms with van der Waals surface area (Å²) in [5.74, 6) is 0. The lowest BCUT2D eigenvalue weighted by Crippen LogP contribution is -2.17. The number of nitrogens with zero attached hydrogens (tertiary/aromatic N) is 3. The zero-order valence-corrected chi connectivity index (χ0v) is 11.7. The van der Waals surface area contributed by atoms with Gasteiger partial charge in [-0.2, -0.15) is 5.10 Å². The minimum Gasteiger partial charge on any atom is -0.398 e. The molecule has 104 valence electrons. The molecule has 0 bridgehead atoms. The summed E-state index contributed by atoms with van der Waals surface area (Å²) in [7, 11) is 0. The Morgan fingerprint density at radius 1 is 1.40 bits per heavy atom. The average Bonchev–Trinajstić information content (AvgIpc) is 3.00. The fourth-order valence-electron chi connectivity index (χ4n) is 1.98. The first-order valence-corrected chi connectivity index (χ1v) is 7.06. The topological polar surface area (TPSA) is 105 Å². The second kappa shape index (κ2) is 5.04. The third kappa shape index (κ3) is 2.18. The number of nitrogens with two attached hydrogens (primary N) is 1. The van der Waals surface area contributed by atoms with Crippen molar-refractivity contribution in [1.29, 1.82) is 0 Å². The Balaban J connectivity index is 2.00. The van der Waals surface area contributed by atoms with Gasteiger partial charge in [0.25, 0.3) is 0 Å². The molecule has 3 rings (SSSR count). The van der Waals surface area contributed by atoms with Crippen LogP contribution in [0.5, 0.6) is 0 Å². The molecule has 0 saturated carbocycles. The van der Waals surface area contributed by atoms with Crippen LogP contribution in [0.2, 0.25) is 0 Å². The SMILES string of the molecule is CCCn1c(Sc2cc3[nH]ncc3cc2N)n[nH]c1=O. The van der Waals surface area contributed by atoms with Crippen LogP contribution in [0.3, 0.4) is 0 Å². The minimum absolute atomic E-state index is 0.199. The third-order valence-electron chi connectivity index (χ3n) is 2.94. The molecule has 0 aliphatic heterocycles. The van der Waals surface area contributed by atoms with Crippen LogP contribution in [-0.2, 0) is 6.54 Å². The highest BCUT2D eigenvalue weighted by Crippen LogP contribution is 2.32. The van der Waals surface area contributed by atoms with E-state index in [0.29, 0.717) is 17.4 Å². The van der Waals surface area contributed by atoms with Crippen LogP contribution in [0.25, 0.3) is 10.9 Å². The molecule has 0 saturated heterocycles. The molecule has 7 nitrogen and oxygen atoms in total. The number of hydrogen-bond acceptors (Lipinski definition) is 5. The van der Waals surface area contributed by atoms with Crippen LogP contribution < -0.4 is 11.4 Å². The molecule has 0 atom stereocenters. The highest BCUT2D eigenvalue weighted by atomic mass is 32.2. The summed E-state index contributed by atoms with van der Waals surface area (Å²) in [4.78, 5) is 12.5. The number of aromatic nitrogens is 5. The molecule has 3 aromatic rings. The van der Waals surface area contributed by atoms with Gasteiger partial charge < -0.3 is 5.73 Å². The lowest BCUT2D eigenvalue weighted by Gasteiger charge is -2.06. The van der Waals surface area contributed by atoms with Crippen LogP contribution in [0.1, 0.15) is 13.3 Å². The van der Waals surface area contributed by atoms with Crippen molar-refractivity contribution in [2.45, 2.75) is 29.9 Å². The van der Waals surface area contributed by atoms with Gasteiger partial charge in [0.05, 0.1) is 11.7 Å². The Morgan fingerprint density at radius 3 is 3.05 bits per heavy atom. The van der Waals surface area contributed by atoms with Gasteiger partial charge in [0.2, 0.25) is 0 Å². The summed E-state index contributed by atoms with van der Waals surface area (Å²) in [6.07, 6.45) is 2.59. The molecule has 0 spiro atoms. The normalized spacial score (nSPS) is 11.2. The number of aromatic amines is 2. The number of nitrogen functional groups attached to an aromatic ring is 1. The first-order valence-electron chi connectivity index (χ1n) is 6.24. The van der Waals surface area contributed by atoms with Gasteiger partial charge in [0.1, 0.15) is 0 Å². The number of fused-ring (bicyclic) bond motifs is 1. The van der Waals surface area contributed by atoms with Crippen LogP contribution >= 0.6 is 11.8 Å². The molecule has 8 heteroatoms. The van der Waals surface area contributed by atoms with Crippen LogP contribution in [-0.4, -0.2) is 25.0 Å². The summed E-state index contributed by atoms with van der Waals surface area (Å²) < 4.78 is 1.61. The number of rotatable bonds is 4. The smallest absolute Gasteiger partial charge is 0.343 e. The van der Waals surface area contributed by atoms with E-state index in [-0.39, 0.29) is 5.69 Å². The van der Waals surface area contributed by atoms with Crippen molar-refractivity contribution >= 4 is 28.4 Å². The Bertz CT molecular complexity index is 802. The summed E-state index contributed by atoms with van der Waals surface area (Å²) in [6, 6.07) is 3.77. The van der Waals surface area contributed by atoms with Gasteiger partial charge in [-0.25, -0.2) is 9.89 Å². The first-order chi connectivity index (χ1) is 9.69. The monoisotopic (exact) mass is 290 g/mol. The van der Waals surface area contributed by atoms with Gasteiger partial charge in [-0.05, 0) is 30.3 Å². The fraction of sp³-hybridized carbons (Fsp3) is 0.250. The summed E-state index contributed by atoms with van der Waals surface area (Å²) in [6.45, 7) is 2.64. The molecule has 2 aromatic heterocycles. The van der Waals surface area contributed by atoms with Gasteiger partial charge >= 0.3 is 5.69 Å². The van der Waals surface area contributed by atoms with Crippen molar-refractivity contribution in [2.24, 2.45) is 0 Å². The van der Waals surface area contributed by atoms with E-state index in [9.17, 15) is 4.79 Å². The first kappa shape index (κ1) is 12.8. The number of anilines is 1. The van der Waals surface area contributed by atoms with Gasteiger partial charge in [-0.1, -0.05) is 6.92 Å². The highest BCUT2D eigenvalue weighted by Gasteiger charge is 2.12. The zero-order valence-electron chi connectivity index (χ0n) is 10.9. The van der Waals surface area contributed by atoms with Crippen LogP contribution in [0.15, 0.2) is 33.2 Å². The molecule has 2 heterocycles. The van der Waals surface area contributed by atoms with Crippen LogP contribution in [0, 0.1) is 0 Å². The van der Waals surface area contributed by atoms with Crippen molar-refractivity contribution in [2.75, 3.05) is 5.73 Å². The molecule has 0 aliphatic carbocycles. The standard InChI is InChI=1S/C12H14N6OS/c1-2-3-18-11(19)16-17-12(18)20-10-5-9-7(4-8(10)13)6-14-15-9/h4-6H,2-3,13H2,1H3,(H,14,15)(H,16,19). The van der Waals surface area contributed by atoms with Crippen molar-refractivity contribution < 1.29 is 0 Å². The summed E-state index contributed by atoms with van der Waals surface area (Å²) >= 11 is 1.37. The Kier molecular flexibility index (Phi) is 3.23. The third-order valence-corrected chi connectivity index (χ3v) is 4.01. The second-order valence-corrected chi connectivity index (χ2v) is 5.42. The van der Waals surface area contributed by atoms with Gasteiger partial charge in [-0.3, -0.25) is 9.67 Å². The minimum atomic E-state index is -0.199. The van der Waals surface area contributed by atoms with E-state index >= 15 is 0 Å². The van der Waals surface area contributed by atoms with Gasteiger partial charge in [0, 0.05) is 22.5 Å². The maximum absolute atomic E-state index is 11.7. The number of nitrogens with one attached hydrogen (secondary N) is 2. The summed E-state index contributed by atoms with van der Waals surface area (Å²) in [5, 5.41) is 15.0. The molecule has 0 amide bonds. The van der Waals surface area contributed by atoms with Crippen molar-refractivity contribution in [3.8, 4) is 0 Å². The van der Waals surface area contributed by atoms with E-state index < -0.39 is 0 Å². The number of hydrogen-bond donors (Lipinski definition) is 3. The predicted octanol–water partition coefficient (Wildman–Crippen LogP) is 1.59. The Labute approximate surface area is 118 Å². The van der Waals surface area contributed by atoms with E-state index in [1.54, 1.807) is 10.8 Å². The van der Waals surface area contributed by atoms with Crippen molar-refractivity contribution in [3.63, 3.8) is 0 Å². The van der Waals surface area contributed by atoms with E-state index in [1.807, 2.05) is 19.1 Å². The molecular weight excluding hydrogens is 276 g/mol. The molecule has 0 aliphatic rings. The molecule has 0 radical (unpaired) electrons. The highest BCUT2D eigenvalue weighted by molar-refractivity contribution is 7.99. The molecule has 0 unspecified atom stereocenters. The van der Waals surface area contributed by atoms with E-state index in [4.69, 9.17) is 5.73 Å². The lowest BCUT2D eigenvalue weighted by molar-refractivity contribution is 0.604. The Morgan fingerprint density at radius 2 is 2.25 bits per heavy atom. The molecular formula is C12H14N6OS. The van der Waals surface area contributed by atoms with Gasteiger partial charge in [0.15, 0.2) is 5.16 Å². The van der Waals surface area contributed by atoms with Crippen molar-refractivity contribution in [3.05, 3.63) is 28.8 Å². The zero-order chi connectivity index (χ0) is 14.1. The maximum atomic E-state index is 11.7. The fourth-order valence-corrected chi connectivity index (χ4v) is 2.90. The molecule has 4 N–H and O–H groups in total. The maximum Gasteiger partial charge on any atom is 0.343 e. The van der Waals surface area contributed by atoms with E-state index in [0.717, 1.165) is 22.2 Å². The Hall–Kier alpha value is -2.22. The second-order valence-electron chi connectivity index (χ2n) is 4.41. The van der Waals surface area contributed by atoms with Crippen LogP contribution in [0.4, 0.5) is 5.69 Å². The molecule has 1 aromatic carbocycles. The van der Waals surface area contributed by atoms with E-state index in [1.165, 1.54) is 11.8 Å². The number of H-pyrrole nitrogens is 2. The molecule has 0 fully saturated rings. The predicted molar refractivity (Wildman–Crippen MR) is 77.8 cm³/mol. The lowest BCUT2D eigenvalue weighted by atomic mass is 10.2.